The molecule has 5 N–H and O–H groups in total. The number of methoxy groups -OCH3 is 1. The largest absolute Gasteiger partial charge is 0.480 e. The van der Waals surface area contributed by atoms with Gasteiger partial charge in [0.05, 0.1) is 12.4 Å². The van der Waals surface area contributed by atoms with E-state index in [2.05, 4.69) is 15.4 Å². The molecule has 0 aromatic rings. The van der Waals surface area contributed by atoms with Crippen molar-refractivity contribution in [2.75, 3.05) is 26.0 Å². The Morgan fingerprint density at radius 2 is 2.06 bits per heavy atom. The Morgan fingerprint density at radius 1 is 1.47 bits per heavy atom. The van der Waals surface area contributed by atoms with Crippen LogP contribution in [0.4, 0.5) is 4.79 Å². The molecule has 0 aliphatic rings. The van der Waals surface area contributed by atoms with Gasteiger partial charge < -0.3 is 20.5 Å². The van der Waals surface area contributed by atoms with Gasteiger partial charge in [0.2, 0.25) is 10.0 Å². The average Bonchev–Trinajstić information content (AvgIpc) is 2.14. The lowest BCUT2D eigenvalue weighted by atomic mass is 10.3. The number of primary sulfonamides is 1. The Hall–Kier alpha value is -1.39. The van der Waals surface area contributed by atoms with Crippen LogP contribution in [0.2, 0.25) is 0 Å². The summed E-state index contributed by atoms with van der Waals surface area (Å²) in [5.74, 6) is -1.68. The number of rotatable bonds is 7. The molecule has 2 amide bonds. The van der Waals surface area contributed by atoms with Crippen LogP contribution in [0.5, 0.6) is 0 Å². The first-order valence-electron chi connectivity index (χ1n) is 4.53. The van der Waals surface area contributed by atoms with Crippen molar-refractivity contribution in [1.82, 2.24) is 10.6 Å². The minimum atomic E-state index is -3.66. The molecule has 0 radical (unpaired) electrons. The molecule has 10 heteroatoms. The predicted octanol–water partition coefficient (Wildman–Crippen LogP) is -2.33. The van der Waals surface area contributed by atoms with E-state index in [0.717, 1.165) is 0 Å². The molecule has 0 saturated carbocycles. The fourth-order valence-corrected chi connectivity index (χ4v) is 1.24. The average molecular weight is 269 g/mol. The number of sulfonamides is 1. The van der Waals surface area contributed by atoms with Gasteiger partial charge >= 0.3 is 12.0 Å². The minimum Gasteiger partial charge on any atom is -0.480 e. The van der Waals surface area contributed by atoms with Gasteiger partial charge in [-0.2, -0.15) is 0 Å². The number of nitrogens with two attached hydrogens (primary N) is 1. The molecule has 0 rings (SSSR count). The number of aliphatic carboxylic acids is 1. The fraction of sp³-hybridized carbons (Fsp3) is 0.714. The highest BCUT2D eigenvalue weighted by molar-refractivity contribution is 7.89. The highest BCUT2D eigenvalue weighted by atomic mass is 32.2. The second-order valence-electron chi connectivity index (χ2n) is 3.11. The van der Waals surface area contributed by atoms with E-state index in [-0.39, 0.29) is 13.2 Å². The molecule has 1 unspecified atom stereocenters. The molecule has 9 nitrogen and oxygen atoms in total. The van der Waals surface area contributed by atoms with Crippen molar-refractivity contribution >= 4 is 22.0 Å². The van der Waals surface area contributed by atoms with E-state index in [1.165, 1.54) is 7.11 Å². The molecule has 100 valence electrons. The van der Waals surface area contributed by atoms with Gasteiger partial charge in [-0.3, -0.25) is 0 Å². The van der Waals surface area contributed by atoms with Crippen molar-refractivity contribution in [3.8, 4) is 0 Å². The Bertz CT molecular complexity index is 368. The van der Waals surface area contributed by atoms with E-state index in [9.17, 15) is 18.0 Å². The topological polar surface area (TPSA) is 148 Å². The number of carbonyl (C=O) groups is 2. The number of carboxylic acids is 1. The maximum atomic E-state index is 11.1. The summed E-state index contributed by atoms with van der Waals surface area (Å²) in [4.78, 5) is 21.8. The molecule has 0 heterocycles. The summed E-state index contributed by atoms with van der Waals surface area (Å²) in [6, 6.07) is -2.01. The quantitative estimate of drug-likeness (QED) is 0.407. The third-order valence-corrected chi connectivity index (χ3v) is 2.38. The van der Waals surface area contributed by atoms with Gasteiger partial charge in [-0.1, -0.05) is 0 Å². The van der Waals surface area contributed by atoms with Crippen molar-refractivity contribution in [2.45, 2.75) is 6.04 Å². The SMILES string of the molecule is COCC(NC(=O)NCCS(N)(=O)=O)C(=O)O. The molecule has 0 aromatic carbocycles. The van der Waals surface area contributed by atoms with Gasteiger partial charge in [0.1, 0.15) is 0 Å². The summed E-state index contributed by atoms with van der Waals surface area (Å²) in [5, 5.41) is 17.6. The van der Waals surface area contributed by atoms with Crippen molar-refractivity contribution < 1.29 is 27.9 Å². The van der Waals surface area contributed by atoms with Crippen LogP contribution in [0.1, 0.15) is 0 Å². The van der Waals surface area contributed by atoms with Crippen molar-refractivity contribution in [3.05, 3.63) is 0 Å². The van der Waals surface area contributed by atoms with Crippen LogP contribution in [0.25, 0.3) is 0 Å². The third-order valence-electron chi connectivity index (χ3n) is 1.61. The Morgan fingerprint density at radius 3 is 2.47 bits per heavy atom. The summed E-state index contributed by atoms with van der Waals surface area (Å²) >= 11 is 0. The number of carboxylic acid groups (broad SMARTS) is 1. The number of amides is 2. The van der Waals surface area contributed by atoms with E-state index in [4.69, 9.17) is 10.2 Å². The first-order valence-corrected chi connectivity index (χ1v) is 6.24. The number of carbonyl (C=O) groups excluding carboxylic acids is 1. The van der Waals surface area contributed by atoms with Crippen molar-refractivity contribution in [3.63, 3.8) is 0 Å². The molecular weight excluding hydrogens is 254 g/mol. The zero-order valence-electron chi connectivity index (χ0n) is 9.17. The number of nitrogens with one attached hydrogen (secondary N) is 2. The van der Waals surface area contributed by atoms with E-state index in [0.29, 0.717) is 0 Å². The summed E-state index contributed by atoms with van der Waals surface area (Å²) in [7, 11) is -2.37. The molecule has 1 atom stereocenters. The highest BCUT2D eigenvalue weighted by Crippen LogP contribution is 1.85. The van der Waals surface area contributed by atoms with Gasteiger partial charge in [-0.25, -0.2) is 23.1 Å². The van der Waals surface area contributed by atoms with E-state index in [1.807, 2.05) is 0 Å². The Balaban J connectivity index is 4.03. The smallest absolute Gasteiger partial charge is 0.328 e. The lowest BCUT2D eigenvalue weighted by molar-refractivity contribution is -0.140. The summed E-state index contributed by atoms with van der Waals surface area (Å²) in [6.07, 6.45) is 0. The van der Waals surface area contributed by atoms with Crippen LogP contribution in [-0.4, -0.2) is 57.6 Å². The number of ether oxygens (including phenoxy) is 1. The standard InChI is InChI=1S/C7H15N3O6S/c1-16-4-5(6(11)12)10-7(13)9-2-3-17(8,14)15/h5H,2-4H2,1H3,(H,11,12)(H2,8,14,15)(H2,9,10,13). The van der Waals surface area contributed by atoms with E-state index in [1.54, 1.807) is 0 Å². The Labute approximate surface area is 98.4 Å². The summed E-state index contributed by atoms with van der Waals surface area (Å²) < 4.78 is 25.7. The van der Waals surface area contributed by atoms with Gasteiger partial charge in [0, 0.05) is 13.7 Å². The summed E-state index contributed by atoms with van der Waals surface area (Å²) in [5.41, 5.74) is 0. The van der Waals surface area contributed by atoms with E-state index < -0.39 is 33.8 Å². The van der Waals surface area contributed by atoms with Crippen LogP contribution < -0.4 is 15.8 Å². The van der Waals surface area contributed by atoms with Crippen molar-refractivity contribution in [2.24, 2.45) is 5.14 Å². The number of hydrogen-bond acceptors (Lipinski definition) is 5. The van der Waals surface area contributed by atoms with Gasteiger partial charge in [0.15, 0.2) is 6.04 Å². The minimum absolute atomic E-state index is 0.196. The highest BCUT2D eigenvalue weighted by Gasteiger charge is 2.19. The molecule has 17 heavy (non-hydrogen) atoms. The van der Waals surface area contributed by atoms with Gasteiger partial charge in [-0.05, 0) is 0 Å². The molecule has 0 aliphatic carbocycles. The van der Waals surface area contributed by atoms with Crippen LogP contribution >= 0.6 is 0 Å². The lowest BCUT2D eigenvalue weighted by Crippen LogP contribution is -2.49. The van der Waals surface area contributed by atoms with Gasteiger partial charge in [0.25, 0.3) is 0 Å². The maximum absolute atomic E-state index is 11.1. The Kier molecular flexibility index (Phi) is 6.46. The predicted molar refractivity (Wildman–Crippen MR) is 57.8 cm³/mol. The molecule has 0 saturated heterocycles. The zero-order chi connectivity index (χ0) is 13.5. The lowest BCUT2D eigenvalue weighted by Gasteiger charge is -2.13. The van der Waals surface area contributed by atoms with Crippen LogP contribution in [0.3, 0.4) is 0 Å². The third kappa shape index (κ3) is 8.42. The first-order chi connectivity index (χ1) is 7.76. The molecular formula is C7H15N3O6S. The zero-order valence-corrected chi connectivity index (χ0v) is 9.99. The fourth-order valence-electron chi connectivity index (χ4n) is 0.857. The second kappa shape index (κ2) is 7.04. The molecule has 0 fully saturated rings. The first kappa shape index (κ1) is 15.6. The molecule has 0 aliphatic heterocycles. The van der Waals surface area contributed by atoms with Crippen LogP contribution in [-0.2, 0) is 19.6 Å². The monoisotopic (exact) mass is 269 g/mol. The van der Waals surface area contributed by atoms with Crippen LogP contribution in [0.15, 0.2) is 0 Å². The van der Waals surface area contributed by atoms with Crippen molar-refractivity contribution in [1.29, 1.82) is 0 Å². The molecule has 0 aromatic heterocycles. The van der Waals surface area contributed by atoms with Crippen LogP contribution in [0, 0.1) is 0 Å². The number of hydrogen-bond donors (Lipinski definition) is 4. The maximum Gasteiger partial charge on any atom is 0.328 e. The summed E-state index contributed by atoms with van der Waals surface area (Å²) in [6.45, 7) is -0.401. The normalized spacial score (nSPS) is 12.8. The number of urea groups is 1. The molecule has 0 bridgehead atoms. The van der Waals surface area contributed by atoms with Gasteiger partial charge in [-0.15, -0.1) is 0 Å². The molecule has 0 spiro atoms. The van der Waals surface area contributed by atoms with E-state index >= 15 is 0 Å². The second-order valence-corrected chi connectivity index (χ2v) is 4.85.